The molecule has 70 valence electrons. The monoisotopic (exact) mass is 199 g/mol. The molecule has 0 spiro atoms. The molecule has 1 rings (SSSR count). The standard InChI is InChI=1S/C9H10ClNO2/c1-2-13-9-5-7(6-11-12)3-4-8(9)10/h3-5H,2,6H2,1H3. The number of rotatable bonds is 4. The van der Waals surface area contributed by atoms with E-state index in [1.165, 1.54) is 0 Å². The number of ether oxygens (including phenoxy) is 1. The summed E-state index contributed by atoms with van der Waals surface area (Å²) in [7, 11) is 0. The number of benzene rings is 1. The summed E-state index contributed by atoms with van der Waals surface area (Å²) in [5, 5.41) is 3.34. The number of halogens is 1. The van der Waals surface area contributed by atoms with Gasteiger partial charge in [-0.3, -0.25) is 0 Å². The second kappa shape index (κ2) is 4.82. The summed E-state index contributed by atoms with van der Waals surface area (Å²) < 4.78 is 5.25. The molecule has 0 aliphatic carbocycles. The highest BCUT2D eigenvalue weighted by molar-refractivity contribution is 6.32. The van der Waals surface area contributed by atoms with E-state index in [2.05, 4.69) is 5.18 Å². The van der Waals surface area contributed by atoms with Gasteiger partial charge in [-0.25, -0.2) is 0 Å². The zero-order chi connectivity index (χ0) is 9.68. The zero-order valence-corrected chi connectivity index (χ0v) is 8.04. The van der Waals surface area contributed by atoms with Crippen LogP contribution in [0.5, 0.6) is 5.75 Å². The van der Waals surface area contributed by atoms with Crippen molar-refractivity contribution < 1.29 is 4.74 Å². The Labute approximate surface area is 81.6 Å². The Morgan fingerprint density at radius 2 is 2.31 bits per heavy atom. The largest absolute Gasteiger partial charge is 0.492 e. The molecular weight excluding hydrogens is 190 g/mol. The minimum atomic E-state index is 0.150. The Hall–Kier alpha value is -1.09. The molecular formula is C9H10ClNO2. The van der Waals surface area contributed by atoms with Crippen LogP contribution in [0.4, 0.5) is 0 Å². The molecule has 0 amide bonds. The molecule has 0 aliphatic heterocycles. The predicted molar refractivity (Wildman–Crippen MR) is 52.1 cm³/mol. The van der Waals surface area contributed by atoms with Crippen LogP contribution < -0.4 is 4.74 Å². The minimum Gasteiger partial charge on any atom is -0.492 e. The molecule has 0 atom stereocenters. The maximum atomic E-state index is 10.0. The van der Waals surface area contributed by atoms with Gasteiger partial charge in [0.15, 0.2) is 0 Å². The molecule has 0 bridgehead atoms. The van der Waals surface area contributed by atoms with Crippen LogP contribution in [-0.2, 0) is 6.54 Å². The van der Waals surface area contributed by atoms with E-state index in [1.54, 1.807) is 18.2 Å². The van der Waals surface area contributed by atoms with Crippen LogP contribution in [-0.4, -0.2) is 6.61 Å². The van der Waals surface area contributed by atoms with Gasteiger partial charge >= 0.3 is 0 Å². The molecule has 0 unspecified atom stereocenters. The fourth-order valence-corrected chi connectivity index (χ4v) is 1.16. The van der Waals surface area contributed by atoms with E-state index in [0.717, 1.165) is 5.56 Å². The summed E-state index contributed by atoms with van der Waals surface area (Å²) in [6.45, 7) is 2.58. The smallest absolute Gasteiger partial charge is 0.138 e. The Morgan fingerprint density at radius 1 is 1.54 bits per heavy atom. The van der Waals surface area contributed by atoms with Gasteiger partial charge in [0.1, 0.15) is 12.3 Å². The first-order valence-electron chi connectivity index (χ1n) is 3.98. The van der Waals surface area contributed by atoms with E-state index >= 15 is 0 Å². The summed E-state index contributed by atoms with van der Waals surface area (Å²) in [6.07, 6.45) is 0. The van der Waals surface area contributed by atoms with E-state index in [0.29, 0.717) is 17.4 Å². The highest BCUT2D eigenvalue weighted by Gasteiger charge is 2.02. The lowest BCUT2D eigenvalue weighted by Crippen LogP contribution is -1.93. The van der Waals surface area contributed by atoms with Crippen LogP contribution >= 0.6 is 11.6 Å². The first-order chi connectivity index (χ1) is 6.27. The molecule has 0 aromatic heterocycles. The van der Waals surface area contributed by atoms with E-state index < -0.39 is 0 Å². The molecule has 0 N–H and O–H groups in total. The fourth-order valence-electron chi connectivity index (χ4n) is 0.987. The quantitative estimate of drug-likeness (QED) is 0.700. The van der Waals surface area contributed by atoms with Crippen molar-refractivity contribution in [3.63, 3.8) is 0 Å². The van der Waals surface area contributed by atoms with Gasteiger partial charge in [0.05, 0.1) is 11.6 Å². The first-order valence-corrected chi connectivity index (χ1v) is 4.36. The average Bonchev–Trinajstić information content (AvgIpc) is 2.12. The van der Waals surface area contributed by atoms with Gasteiger partial charge in [0.2, 0.25) is 0 Å². The predicted octanol–water partition coefficient (Wildman–Crippen LogP) is 3.01. The Morgan fingerprint density at radius 3 is 2.92 bits per heavy atom. The SMILES string of the molecule is CCOc1cc(CN=O)ccc1Cl. The van der Waals surface area contributed by atoms with E-state index in [4.69, 9.17) is 16.3 Å². The summed E-state index contributed by atoms with van der Waals surface area (Å²) >= 11 is 5.84. The summed E-state index contributed by atoms with van der Waals surface area (Å²) in [5.41, 5.74) is 0.808. The van der Waals surface area contributed by atoms with Crippen molar-refractivity contribution >= 4 is 11.6 Å². The van der Waals surface area contributed by atoms with Crippen molar-refractivity contribution in [2.24, 2.45) is 5.18 Å². The van der Waals surface area contributed by atoms with Crippen molar-refractivity contribution in [3.05, 3.63) is 33.7 Å². The van der Waals surface area contributed by atoms with Crippen molar-refractivity contribution in [2.45, 2.75) is 13.5 Å². The minimum absolute atomic E-state index is 0.150. The fraction of sp³-hybridized carbons (Fsp3) is 0.333. The van der Waals surface area contributed by atoms with Gasteiger partial charge in [-0.05, 0) is 24.6 Å². The average molecular weight is 200 g/mol. The van der Waals surface area contributed by atoms with Gasteiger partial charge in [-0.15, -0.1) is 0 Å². The van der Waals surface area contributed by atoms with Gasteiger partial charge in [0, 0.05) is 0 Å². The van der Waals surface area contributed by atoms with Crippen molar-refractivity contribution in [3.8, 4) is 5.75 Å². The van der Waals surface area contributed by atoms with Crippen LogP contribution in [0.25, 0.3) is 0 Å². The Balaban J connectivity index is 2.89. The van der Waals surface area contributed by atoms with E-state index in [-0.39, 0.29) is 6.54 Å². The van der Waals surface area contributed by atoms with Crippen LogP contribution in [0.3, 0.4) is 0 Å². The summed E-state index contributed by atoms with van der Waals surface area (Å²) in [4.78, 5) is 10.0. The van der Waals surface area contributed by atoms with Crippen molar-refractivity contribution in [2.75, 3.05) is 6.61 Å². The third-order valence-electron chi connectivity index (χ3n) is 1.54. The topological polar surface area (TPSA) is 38.7 Å². The highest BCUT2D eigenvalue weighted by Crippen LogP contribution is 2.25. The van der Waals surface area contributed by atoms with Crippen molar-refractivity contribution in [1.29, 1.82) is 0 Å². The van der Waals surface area contributed by atoms with Crippen molar-refractivity contribution in [1.82, 2.24) is 0 Å². The maximum absolute atomic E-state index is 10.0. The van der Waals surface area contributed by atoms with Crippen LogP contribution in [0, 0.1) is 4.91 Å². The molecule has 0 heterocycles. The molecule has 13 heavy (non-hydrogen) atoms. The lowest BCUT2D eigenvalue weighted by atomic mass is 10.2. The molecule has 0 aliphatic rings. The van der Waals surface area contributed by atoms with Crippen LogP contribution in [0.2, 0.25) is 5.02 Å². The Kier molecular flexibility index (Phi) is 3.71. The molecule has 0 saturated heterocycles. The molecule has 4 heteroatoms. The molecule has 3 nitrogen and oxygen atoms in total. The first kappa shape index (κ1) is 9.99. The highest BCUT2D eigenvalue weighted by atomic mass is 35.5. The van der Waals surface area contributed by atoms with Gasteiger partial charge in [0.25, 0.3) is 0 Å². The maximum Gasteiger partial charge on any atom is 0.138 e. The lowest BCUT2D eigenvalue weighted by molar-refractivity contribution is 0.340. The van der Waals surface area contributed by atoms with Gasteiger partial charge in [-0.1, -0.05) is 22.8 Å². The van der Waals surface area contributed by atoms with Gasteiger partial charge in [-0.2, -0.15) is 4.91 Å². The second-order valence-corrected chi connectivity index (χ2v) is 2.89. The van der Waals surface area contributed by atoms with E-state index in [1.807, 2.05) is 6.92 Å². The summed E-state index contributed by atoms with van der Waals surface area (Å²) in [6, 6.07) is 5.19. The molecule has 0 saturated carbocycles. The van der Waals surface area contributed by atoms with Crippen LogP contribution in [0.1, 0.15) is 12.5 Å². The number of nitroso groups, excluding NO2 is 1. The van der Waals surface area contributed by atoms with Gasteiger partial charge < -0.3 is 4.74 Å². The van der Waals surface area contributed by atoms with Crippen LogP contribution in [0.15, 0.2) is 23.4 Å². The number of hydrogen-bond donors (Lipinski definition) is 0. The lowest BCUT2D eigenvalue weighted by Gasteiger charge is -2.06. The zero-order valence-electron chi connectivity index (χ0n) is 7.29. The van der Waals surface area contributed by atoms with E-state index in [9.17, 15) is 4.91 Å². The molecule has 1 aromatic rings. The number of nitrogens with zero attached hydrogens (tertiary/aromatic N) is 1. The number of hydrogen-bond acceptors (Lipinski definition) is 3. The third kappa shape index (κ3) is 2.70. The molecule has 0 radical (unpaired) electrons. The Bertz CT molecular complexity index is 302. The third-order valence-corrected chi connectivity index (χ3v) is 1.85. The summed E-state index contributed by atoms with van der Waals surface area (Å²) in [5.74, 6) is 0.602. The molecule has 1 aromatic carbocycles. The second-order valence-electron chi connectivity index (χ2n) is 2.49. The normalized spacial score (nSPS) is 9.69. The molecule has 0 fully saturated rings.